The van der Waals surface area contributed by atoms with E-state index in [1.54, 1.807) is 19.2 Å². The van der Waals surface area contributed by atoms with Crippen LogP contribution in [0.2, 0.25) is 0 Å². The Morgan fingerprint density at radius 3 is 2.58 bits per heavy atom. The van der Waals surface area contributed by atoms with Crippen molar-refractivity contribution in [3.8, 4) is 11.5 Å². The van der Waals surface area contributed by atoms with Crippen LogP contribution in [0.4, 0.5) is 4.39 Å². The Hall–Kier alpha value is -1.62. The number of alkyl halides is 1. The standard InChI is InChI=1S/C14H18FNO3/c1-9(15)10-6-13-14(19-5-3-4-18-13)7-11(10)12(17)8-16-2/h6-7,9,16H,3-5,8H2,1-2H3. The van der Waals surface area contributed by atoms with Gasteiger partial charge in [0.25, 0.3) is 0 Å². The summed E-state index contributed by atoms with van der Waals surface area (Å²) >= 11 is 0. The fraction of sp³-hybridized carbons (Fsp3) is 0.500. The zero-order valence-corrected chi connectivity index (χ0v) is 11.2. The van der Waals surface area contributed by atoms with Gasteiger partial charge >= 0.3 is 0 Å². The third-order valence-electron chi connectivity index (χ3n) is 2.99. The number of Topliss-reactive ketones (excluding diaryl/α,β-unsaturated/α-hetero) is 1. The lowest BCUT2D eigenvalue weighted by Crippen LogP contribution is -2.20. The summed E-state index contributed by atoms with van der Waals surface area (Å²) in [6.07, 6.45) is -0.456. The van der Waals surface area contributed by atoms with Gasteiger partial charge < -0.3 is 14.8 Å². The number of nitrogens with one attached hydrogen (secondary N) is 1. The van der Waals surface area contributed by atoms with E-state index in [0.717, 1.165) is 6.42 Å². The van der Waals surface area contributed by atoms with E-state index >= 15 is 0 Å². The Balaban J connectivity index is 2.45. The van der Waals surface area contributed by atoms with Crippen LogP contribution in [0.3, 0.4) is 0 Å². The quantitative estimate of drug-likeness (QED) is 0.850. The zero-order valence-electron chi connectivity index (χ0n) is 11.2. The number of likely N-dealkylation sites (N-methyl/N-ethyl adjacent to an activating group) is 1. The number of ether oxygens (including phenoxy) is 2. The van der Waals surface area contributed by atoms with E-state index < -0.39 is 6.17 Å². The van der Waals surface area contributed by atoms with Crippen LogP contribution in [0.1, 0.15) is 35.4 Å². The van der Waals surface area contributed by atoms with Gasteiger partial charge in [0.2, 0.25) is 0 Å². The van der Waals surface area contributed by atoms with Crippen LogP contribution in [0, 0.1) is 0 Å². The molecular formula is C14H18FNO3. The number of carbonyl (C=O) groups excluding carboxylic acids is 1. The molecule has 0 saturated carbocycles. The summed E-state index contributed by atoms with van der Waals surface area (Å²) in [4.78, 5) is 12.0. The molecule has 0 saturated heterocycles. The molecule has 1 aliphatic heterocycles. The van der Waals surface area contributed by atoms with Crippen LogP contribution in [0.5, 0.6) is 11.5 Å². The molecule has 1 aliphatic rings. The number of halogens is 1. The predicted molar refractivity (Wildman–Crippen MR) is 69.8 cm³/mol. The van der Waals surface area contributed by atoms with Crippen molar-refractivity contribution in [1.29, 1.82) is 0 Å². The van der Waals surface area contributed by atoms with Gasteiger partial charge in [-0.3, -0.25) is 4.79 Å². The van der Waals surface area contributed by atoms with E-state index in [2.05, 4.69) is 5.32 Å². The van der Waals surface area contributed by atoms with Crippen LogP contribution in [-0.4, -0.2) is 32.6 Å². The van der Waals surface area contributed by atoms with Gasteiger partial charge in [0, 0.05) is 17.5 Å². The van der Waals surface area contributed by atoms with Crippen molar-refractivity contribution in [2.45, 2.75) is 19.5 Å². The molecule has 1 unspecified atom stereocenters. The molecule has 0 amide bonds. The molecule has 2 rings (SSSR count). The summed E-state index contributed by atoms with van der Waals surface area (Å²) in [5, 5.41) is 2.78. The highest BCUT2D eigenvalue weighted by molar-refractivity contribution is 5.99. The zero-order chi connectivity index (χ0) is 13.8. The predicted octanol–water partition coefficient (Wildman–Crippen LogP) is 2.28. The summed E-state index contributed by atoms with van der Waals surface area (Å²) in [6.45, 7) is 2.66. The van der Waals surface area contributed by atoms with E-state index in [0.29, 0.717) is 35.8 Å². The topological polar surface area (TPSA) is 47.6 Å². The maximum atomic E-state index is 13.7. The fourth-order valence-corrected chi connectivity index (χ4v) is 2.05. The molecule has 4 nitrogen and oxygen atoms in total. The average Bonchev–Trinajstić information content (AvgIpc) is 2.61. The number of carbonyl (C=O) groups is 1. The van der Waals surface area contributed by atoms with Crippen LogP contribution in [0.15, 0.2) is 12.1 Å². The second-order valence-corrected chi connectivity index (χ2v) is 4.51. The van der Waals surface area contributed by atoms with Crippen molar-refractivity contribution in [2.24, 2.45) is 0 Å². The van der Waals surface area contributed by atoms with Crippen LogP contribution in [-0.2, 0) is 0 Å². The summed E-state index contributed by atoms with van der Waals surface area (Å²) in [5.41, 5.74) is 0.707. The molecule has 0 radical (unpaired) electrons. The monoisotopic (exact) mass is 267 g/mol. The van der Waals surface area contributed by atoms with Crippen LogP contribution in [0.25, 0.3) is 0 Å². The minimum atomic E-state index is -1.23. The van der Waals surface area contributed by atoms with Crippen molar-refractivity contribution >= 4 is 5.78 Å². The first kappa shape index (κ1) is 13.8. The number of hydrogen-bond donors (Lipinski definition) is 1. The maximum Gasteiger partial charge on any atom is 0.177 e. The Bertz CT molecular complexity index is 474. The minimum Gasteiger partial charge on any atom is -0.490 e. The van der Waals surface area contributed by atoms with Crippen LogP contribution >= 0.6 is 0 Å². The summed E-state index contributed by atoms with van der Waals surface area (Å²) in [5.74, 6) is 0.872. The summed E-state index contributed by atoms with van der Waals surface area (Å²) in [7, 11) is 1.68. The largest absolute Gasteiger partial charge is 0.490 e. The molecule has 104 valence electrons. The van der Waals surface area contributed by atoms with E-state index in [1.165, 1.54) is 6.92 Å². The third kappa shape index (κ3) is 3.04. The highest BCUT2D eigenvalue weighted by atomic mass is 19.1. The first-order valence-corrected chi connectivity index (χ1v) is 6.39. The lowest BCUT2D eigenvalue weighted by molar-refractivity contribution is 0.0990. The molecule has 1 atom stereocenters. The van der Waals surface area contributed by atoms with Crippen molar-refractivity contribution in [3.05, 3.63) is 23.3 Å². The van der Waals surface area contributed by atoms with E-state index in [1.807, 2.05) is 0 Å². The van der Waals surface area contributed by atoms with Crippen molar-refractivity contribution in [3.63, 3.8) is 0 Å². The Morgan fingerprint density at radius 1 is 1.37 bits per heavy atom. The van der Waals surface area contributed by atoms with Gasteiger partial charge in [-0.05, 0) is 26.1 Å². The fourth-order valence-electron chi connectivity index (χ4n) is 2.05. The summed E-state index contributed by atoms with van der Waals surface area (Å²) < 4.78 is 24.7. The molecule has 19 heavy (non-hydrogen) atoms. The number of rotatable bonds is 4. The van der Waals surface area contributed by atoms with Crippen molar-refractivity contribution in [2.75, 3.05) is 26.8 Å². The normalized spacial score (nSPS) is 15.7. The third-order valence-corrected chi connectivity index (χ3v) is 2.99. The lowest BCUT2D eigenvalue weighted by Gasteiger charge is -2.15. The van der Waals surface area contributed by atoms with E-state index in [-0.39, 0.29) is 12.3 Å². The molecule has 1 aromatic carbocycles. The lowest BCUT2D eigenvalue weighted by atomic mass is 9.99. The number of benzene rings is 1. The number of fused-ring (bicyclic) bond motifs is 1. The van der Waals surface area contributed by atoms with Gasteiger partial charge in [-0.25, -0.2) is 4.39 Å². The summed E-state index contributed by atoms with van der Waals surface area (Å²) in [6, 6.07) is 3.17. The van der Waals surface area contributed by atoms with Gasteiger partial charge in [0.05, 0.1) is 19.8 Å². The Labute approximate surface area is 111 Å². The Morgan fingerprint density at radius 2 is 2.00 bits per heavy atom. The molecule has 5 heteroatoms. The van der Waals surface area contributed by atoms with Gasteiger partial charge in [-0.1, -0.05) is 0 Å². The molecule has 0 fully saturated rings. The molecule has 1 N–H and O–H groups in total. The van der Waals surface area contributed by atoms with Gasteiger partial charge in [0.1, 0.15) is 6.17 Å². The molecule has 0 spiro atoms. The second-order valence-electron chi connectivity index (χ2n) is 4.51. The minimum absolute atomic E-state index is 0.155. The highest BCUT2D eigenvalue weighted by Crippen LogP contribution is 2.36. The molecule has 0 bridgehead atoms. The van der Waals surface area contributed by atoms with Crippen molar-refractivity contribution in [1.82, 2.24) is 5.32 Å². The maximum absolute atomic E-state index is 13.7. The van der Waals surface area contributed by atoms with Crippen molar-refractivity contribution < 1.29 is 18.7 Å². The molecular weight excluding hydrogens is 249 g/mol. The second kappa shape index (κ2) is 6.02. The number of ketones is 1. The Kier molecular flexibility index (Phi) is 4.37. The molecule has 1 heterocycles. The average molecular weight is 267 g/mol. The SMILES string of the molecule is CNCC(=O)c1cc2c(cc1C(C)F)OCCCO2. The van der Waals surface area contributed by atoms with E-state index in [4.69, 9.17) is 9.47 Å². The van der Waals surface area contributed by atoms with Gasteiger partial charge in [0.15, 0.2) is 17.3 Å². The first-order chi connectivity index (χ1) is 9.13. The van der Waals surface area contributed by atoms with Gasteiger partial charge in [-0.2, -0.15) is 0 Å². The van der Waals surface area contributed by atoms with Gasteiger partial charge in [-0.15, -0.1) is 0 Å². The van der Waals surface area contributed by atoms with Crippen LogP contribution < -0.4 is 14.8 Å². The smallest absolute Gasteiger partial charge is 0.177 e. The first-order valence-electron chi connectivity index (χ1n) is 6.39. The molecule has 0 aliphatic carbocycles. The molecule has 0 aromatic heterocycles. The number of hydrogen-bond acceptors (Lipinski definition) is 4. The highest BCUT2D eigenvalue weighted by Gasteiger charge is 2.21. The molecule has 1 aromatic rings. The van der Waals surface area contributed by atoms with E-state index in [9.17, 15) is 9.18 Å².